The van der Waals surface area contributed by atoms with Gasteiger partial charge in [0.25, 0.3) is 0 Å². The van der Waals surface area contributed by atoms with E-state index in [1.165, 1.54) is 12.1 Å². The highest BCUT2D eigenvalue weighted by molar-refractivity contribution is 5.70. The maximum atomic E-state index is 12.8. The molecule has 1 saturated heterocycles. The topological polar surface area (TPSA) is 49.8 Å². The summed E-state index contributed by atoms with van der Waals surface area (Å²) in [6.07, 6.45) is -3.17. The highest BCUT2D eigenvalue weighted by atomic mass is 19.4. The van der Waals surface area contributed by atoms with E-state index in [9.17, 15) is 18.0 Å². The maximum absolute atomic E-state index is 12.8. The Hall–Kier alpha value is -2.54. The van der Waals surface area contributed by atoms with E-state index >= 15 is 0 Å². The Morgan fingerprint density at radius 1 is 1.07 bits per heavy atom. The third-order valence-corrected chi connectivity index (χ3v) is 4.64. The van der Waals surface area contributed by atoms with Gasteiger partial charge in [-0.15, -0.1) is 0 Å². The van der Waals surface area contributed by atoms with E-state index in [0.717, 1.165) is 17.7 Å². The van der Waals surface area contributed by atoms with Gasteiger partial charge in [-0.2, -0.15) is 13.2 Å². The van der Waals surface area contributed by atoms with Gasteiger partial charge in [0.1, 0.15) is 11.5 Å². The number of alkyl halides is 3. The molecule has 0 radical (unpaired) electrons. The first kappa shape index (κ1) is 19.2. The summed E-state index contributed by atoms with van der Waals surface area (Å²) >= 11 is 0. The fourth-order valence-electron chi connectivity index (χ4n) is 3.18. The molecular weight excluding hydrogens is 359 g/mol. The van der Waals surface area contributed by atoms with Crippen molar-refractivity contribution in [3.63, 3.8) is 0 Å². The number of hydrogen-bond donors (Lipinski definition) is 1. The van der Waals surface area contributed by atoms with Crippen LogP contribution in [0, 0.1) is 5.92 Å². The van der Waals surface area contributed by atoms with Crippen molar-refractivity contribution in [3.8, 4) is 11.5 Å². The number of carboxylic acids is 1. The third kappa shape index (κ3) is 5.23. The van der Waals surface area contributed by atoms with Crippen molar-refractivity contribution >= 4 is 5.97 Å². The lowest BCUT2D eigenvalue weighted by molar-refractivity contribution is -0.143. The monoisotopic (exact) mass is 379 g/mol. The minimum absolute atomic E-state index is 0.129. The van der Waals surface area contributed by atoms with Crippen LogP contribution < -0.4 is 4.74 Å². The van der Waals surface area contributed by atoms with Gasteiger partial charge in [-0.1, -0.05) is 18.2 Å². The number of carbonyl (C=O) groups is 1. The van der Waals surface area contributed by atoms with Crippen LogP contribution in [0.15, 0.2) is 48.5 Å². The maximum Gasteiger partial charge on any atom is 0.416 e. The van der Waals surface area contributed by atoms with Crippen LogP contribution in [0.4, 0.5) is 13.2 Å². The molecule has 1 aliphatic rings. The number of likely N-dealkylation sites (tertiary alicyclic amines) is 1. The van der Waals surface area contributed by atoms with Gasteiger partial charge in [0.2, 0.25) is 0 Å². The van der Waals surface area contributed by atoms with E-state index in [1.54, 1.807) is 18.2 Å². The molecule has 3 rings (SSSR count). The zero-order valence-corrected chi connectivity index (χ0v) is 14.6. The summed E-state index contributed by atoms with van der Waals surface area (Å²) in [4.78, 5) is 13.2. The number of ether oxygens (including phenoxy) is 1. The number of nitrogens with zero attached hydrogens (tertiary/aromatic N) is 1. The normalized spacial score (nSPS) is 16.3. The number of rotatable bonds is 5. The Morgan fingerprint density at radius 2 is 1.70 bits per heavy atom. The van der Waals surface area contributed by atoms with Crippen molar-refractivity contribution in [2.75, 3.05) is 13.1 Å². The van der Waals surface area contributed by atoms with Crippen molar-refractivity contribution < 1.29 is 27.8 Å². The minimum Gasteiger partial charge on any atom is -0.481 e. The standard InChI is InChI=1S/C20H20F3NO3/c21-20(22,23)16-4-2-6-18(12-16)27-17-5-1-3-14(11-17)13-24-9-7-15(8-10-24)19(25)26/h1-6,11-12,15H,7-10,13H2,(H,25,26). The molecule has 2 aromatic carbocycles. The smallest absolute Gasteiger partial charge is 0.416 e. The Kier molecular flexibility index (Phi) is 5.70. The zero-order valence-electron chi connectivity index (χ0n) is 14.6. The molecule has 144 valence electrons. The van der Waals surface area contributed by atoms with Crippen LogP contribution in [-0.2, 0) is 17.5 Å². The highest BCUT2D eigenvalue weighted by Gasteiger charge is 2.30. The van der Waals surface area contributed by atoms with Gasteiger partial charge in [-0.25, -0.2) is 0 Å². The lowest BCUT2D eigenvalue weighted by atomic mass is 9.97. The van der Waals surface area contributed by atoms with E-state index in [-0.39, 0.29) is 11.7 Å². The molecule has 1 aliphatic heterocycles. The first-order valence-corrected chi connectivity index (χ1v) is 8.70. The summed E-state index contributed by atoms with van der Waals surface area (Å²) in [7, 11) is 0. The van der Waals surface area contributed by atoms with Crippen molar-refractivity contribution in [2.45, 2.75) is 25.6 Å². The van der Waals surface area contributed by atoms with Crippen molar-refractivity contribution in [1.82, 2.24) is 4.90 Å². The van der Waals surface area contributed by atoms with E-state index in [0.29, 0.717) is 38.2 Å². The fraction of sp³-hybridized carbons (Fsp3) is 0.350. The van der Waals surface area contributed by atoms with Gasteiger partial charge < -0.3 is 9.84 Å². The molecular formula is C20H20F3NO3. The molecule has 1 heterocycles. The largest absolute Gasteiger partial charge is 0.481 e. The number of aliphatic carboxylic acids is 1. The molecule has 0 aliphatic carbocycles. The van der Waals surface area contributed by atoms with Crippen LogP contribution in [0.2, 0.25) is 0 Å². The summed E-state index contributed by atoms with van der Waals surface area (Å²) in [5.41, 5.74) is 0.214. The zero-order chi connectivity index (χ0) is 19.4. The molecule has 4 nitrogen and oxygen atoms in total. The molecule has 0 unspecified atom stereocenters. The summed E-state index contributed by atoms with van der Waals surface area (Å²) in [6.45, 7) is 2.05. The Bertz CT molecular complexity index is 799. The van der Waals surface area contributed by atoms with E-state index < -0.39 is 17.7 Å². The minimum atomic E-state index is -4.41. The second-order valence-electron chi connectivity index (χ2n) is 6.66. The predicted molar refractivity (Wildman–Crippen MR) is 93.6 cm³/mol. The van der Waals surface area contributed by atoms with E-state index in [4.69, 9.17) is 9.84 Å². The lowest BCUT2D eigenvalue weighted by Crippen LogP contribution is -2.35. The number of halogens is 3. The first-order valence-electron chi connectivity index (χ1n) is 8.70. The van der Waals surface area contributed by atoms with Gasteiger partial charge in [0, 0.05) is 6.54 Å². The molecule has 1 fully saturated rings. The Balaban J connectivity index is 1.64. The lowest BCUT2D eigenvalue weighted by Gasteiger charge is -2.30. The summed E-state index contributed by atoms with van der Waals surface area (Å²) in [5, 5.41) is 9.06. The van der Waals surface area contributed by atoms with Gasteiger partial charge in [0.05, 0.1) is 11.5 Å². The number of hydrogen-bond acceptors (Lipinski definition) is 3. The number of piperidine rings is 1. The van der Waals surface area contributed by atoms with E-state index in [2.05, 4.69) is 4.90 Å². The van der Waals surface area contributed by atoms with Crippen LogP contribution in [0.5, 0.6) is 11.5 Å². The average molecular weight is 379 g/mol. The molecule has 2 aromatic rings. The molecule has 7 heteroatoms. The summed E-state index contributed by atoms with van der Waals surface area (Å²) < 4.78 is 44.0. The molecule has 0 spiro atoms. The van der Waals surface area contributed by atoms with Gasteiger partial charge in [-0.05, 0) is 61.8 Å². The predicted octanol–water partition coefficient (Wildman–Crippen LogP) is 4.79. The third-order valence-electron chi connectivity index (χ3n) is 4.64. The number of carboxylic acid groups (broad SMARTS) is 1. The summed E-state index contributed by atoms with van der Waals surface area (Å²) in [6, 6.07) is 12.0. The second-order valence-corrected chi connectivity index (χ2v) is 6.66. The Morgan fingerprint density at radius 3 is 2.33 bits per heavy atom. The Labute approximate surface area is 155 Å². The van der Waals surface area contributed by atoms with Gasteiger partial charge in [-0.3, -0.25) is 9.69 Å². The average Bonchev–Trinajstić information content (AvgIpc) is 2.62. The van der Waals surface area contributed by atoms with Crippen molar-refractivity contribution in [1.29, 1.82) is 0 Å². The molecule has 0 amide bonds. The summed E-state index contributed by atoms with van der Waals surface area (Å²) in [5.74, 6) is -0.431. The van der Waals surface area contributed by atoms with Crippen LogP contribution in [0.1, 0.15) is 24.0 Å². The van der Waals surface area contributed by atoms with E-state index in [1.807, 2.05) is 6.07 Å². The van der Waals surface area contributed by atoms with Crippen LogP contribution >= 0.6 is 0 Å². The molecule has 1 N–H and O–H groups in total. The molecule has 0 atom stereocenters. The second kappa shape index (κ2) is 8.00. The van der Waals surface area contributed by atoms with Crippen molar-refractivity contribution in [2.24, 2.45) is 5.92 Å². The fourth-order valence-corrected chi connectivity index (χ4v) is 3.18. The first-order chi connectivity index (χ1) is 12.8. The quantitative estimate of drug-likeness (QED) is 0.811. The SMILES string of the molecule is O=C(O)C1CCN(Cc2cccc(Oc3cccc(C(F)(F)F)c3)c2)CC1. The van der Waals surface area contributed by atoms with Crippen LogP contribution in [0.25, 0.3) is 0 Å². The molecule has 0 aromatic heterocycles. The molecule has 0 saturated carbocycles. The van der Waals surface area contributed by atoms with Crippen LogP contribution in [0.3, 0.4) is 0 Å². The molecule has 0 bridgehead atoms. The van der Waals surface area contributed by atoms with Crippen LogP contribution in [-0.4, -0.2) is 29.1 Å². The molecule has 27 heavy (non-hydrogen) atoms. The highest BCUT2D eigenvalue weighted by Crippen LogP contribution is 2.33. The number of benzene rings is 2. The van der Waals surface area contributed by atoms with Gasteiger partial charge in [0.15, 0.2) is 0 Å². The van der Waals surface area contributed by atoms with Crippen molar-refractivity contribution in [3.05, 3.63) is 59.7 Å². The van der Waals surface area contributed by atoms with Gasteiger partial charge >= 0.3 is 12.1 Å².